The maximum absolute atomic E-state index is 13.8. The van der Waals surface area contributed by atoms with E-state index in [4.69, 9.17) is 13.9 Å². The Bertz CT molecular complexity index is 470. The van der Waals surface area contributed by atoms with Gasteiger partial charge in [-0.3, -0.25) is 4.57 Å². The average molecular weight is 300 g/mol. The number of hydrogen-bond donors (Lipinski definition) is 0. The Morgan fingerprint density at radius 1 is 0.950 bits per heavy atom. The van der Waals surface area contributed by atoms with E-state index in [0.29, 0.717) is 58.1 Å². The topological polar surface area (TPSA) is 55.2 Å². The first-order valence-corrected chi connectivity index (χ1v) is 8.66. The van der Waals surface area contributed by atoms with E-state index in [-0.39, 0.29) is 0 Å². The monoisotopic (exact) mass is 300 g/mol. The van der Waals surface area contributed by atoms with Gasteiger partial charge in [0, 0.05) is 26.2 Å². The summed E-state index contributed by atoms with van der Waals surface area (Å²) in [5, 5.41) is 0. The summed E-state index contributed by atoms with van der Waals surface area (Å²) in [7, 11) is -2.86. The number of morpholine rings is 2. The first-order valence-electron chi connectivity index (χ1n) is 7.04. The van der Waals surface area contributed by atoms with E-state index in [0.717, 1.165) is 5.76 Å². The van der Waals surface area contributed by atoms with E-state index in [2.05, 4.69) is 0 Å². The molecule has 1 aromatic heterocycles. The molecule has 0 unspecified atom stereocenters. The Hall–Kier alpha value is -0.650. The molecule has 1 aromatic rings. The standard InChI is InChI=1S/C13H21N2O4P/c1-12-2-3-13(19-12)20(16,14-4-8-17-9-5-14)15-6-10-18-11-7-15/h2-3H,4-11H2,1H3. The van der Waals surface area contributed by atoms with E-state index >= 15 is 0 Å². The lowest BCUT2D eigenvalue weighted by molar-refractivity contribution is 0.0534. The molecule has 3 heterocycles. The van der Waals surface area contributed by atoms with Crippen molar-refractivity contribution in [2.75, 3.05) is 52.6 Å². The van der Waals surface area contributed by atoms with Crippen molar-refractivity contribution in [3.63, 3.8) is 0 Å². The zero-order valence-corrected chi connectivity index (χ0v) is 12.7. The summed E-state index contributed by atoms with van der Waals surface area (Å²) in [6.07, 6.45) is 0. The van der Waals surface area contributed by atoms with Gasteiger partial charge in [-0.15, -0.1) is 0 Å². The van der Waals surface area contributed by atoms with Crippen LogP contribution >= 0.6 is 7.44 Å². The highest BCUT2D eigenvalue weighted by Crippen LogP contribution is 2.52. The number of hydrogen-bond acceptors (Lipinski definition) is 4. The molecule has 0 saturated carbocycles. The molecule has 0 spiro atoms. The van der Waals surface area contributed by atoms with E-state index in [1.807, 2.05) is 28.4 Å². The third-order valence-electron chi connectivity index (χ3n) is 3.75. The number of aryl methyl sites for hydroxylation is 1. The fraction of sp³-hybridized carbons (Fsp3) is 0.692. The third kappa shape index (κ3) is 2.59. The van der Waals surface area contributed by atoms with Crippen molar-refractivity contribution in [3.05, 3.63) is 17.9 Å². The summed E-state index contributed by atoms with van der Waals surface area (Å²) in [5.74, 6) is 0.793. The lowest BCUT2D eigenvalue weighted by atomic mass is 10.5. The highest BCUT2D eigenvalue weighted by atomic mass is 31.2. The van der Waals surface area contributed by atoms with Crippen LogP contribution in [-0.4, -0.2) is 61.9 Å². The van der Waals surface area contributed by atoms with Gasteiger partial charge in [0.25, 0.3) is 7.44 Å². The van der Waals surface area contributed by atoms with Gasteiger partial charge in [-0.05, 0) is 19.1 Å². The first kappa shape index (κ1) is 14.3. The van der Waals surface area contributed by atoms with Gasteiger partial charge in [0.1, 0.15) is 5.76 Å². The smallest absolute Gasteiger partial charge is 0.280 e. The van der Waals surface area contributed by atoms with E-state index < -0.39 is 7.44 Å². The lowest BCUT2D eigenvalue weighted by Crippen LogP contribution is -2.46. The third-order valence-corrected chi connectivity index (χ3v) is 6.90. The molecule has 6 nitrogen and oxygen atoms in total. The van der Waals surface area contributed by atoms with Gasteiger partial charge >= 0.3 is 0 Å². The van der Waals surface area contributed by atoms with Crippen molar-refractivity contribution in [1.82, 2.24) is 9.34 Å². The largest absolute Gasteiger partial charge is 0.456 e. The zero-order chi connectivity index (χ0) is 14.0. The van der Waals surface area contributed by atoms with Crippen molar-refractivity contribution in [2.45, 2.75) is 6.92 Å². The molecule has 112 valence electrons. The SMILES string of the molecule is Cc1ccc(P(=O)(N2CCOCC2)N2CCOCC2)o1. The van der Waals surface area contributed by atoms with E-state index in [9.17, 15) is 4.57 Å². The molecule has 2 aliphatic heterocycles. The van der Waals surface area contributed by atoms with Crippen LogP contribution in [0.4, 0.5) is 0 Å². The number of furan rings is 1. The van der Waals surface area contributed by atoms with Crippen LogP contribution in [0.15, 0.2) is 16.5 Å². The molecular formula is C13H21N2O4P. The van der Waals surface area contributed by atoms with E-state index in [1.54, 1.807) is 0 Å². The molecule has 0 N–H and O–H groups in total. The van der Waals surface area contributed by atoms with Gasteiger partial charge < -0.3 is 13.9 Å². The van der Waals surface area contributed by atoms with Crippen LogP contribution in [0.1, 0.15) is 5.76 Å². The van der Waals surface area contributed by atoms with Gasteiger partial charge in [0.15, 0.2) is 5.50 Å². The second-order valence-corrected chi connectivity index (χ2v) is 7.72. The van der Waals surface area contributed by atoms with Crippen LogP contribution in [0.5, 0.6) is 0 Å². The Kier molecular flexibility index (Phi) is 4.29. The predicted octanol–water partition coefficient (Wildman–Crippen LogP) is 1.07. The predicted molar refractivity (Wildman–Crippen MR) is 75.5 cm³/mol. The average Bonchev–Trinajstić information content (AvgIpc) is 2.95. The second-order valence-electron chi connectivity index (χ2n) is 5.06. The van der Waals surface area contributed by atoms with Crippen LogP contribution in [0.25, 0.3) is 0 Å². The normalized spacial score (nSPS) is 23.1. The zero-order valence-electron chi connectivity index (χ0n) is 11.8. The van der Waals surface area contributed by atoms with Gasteiger partial charge in [-0.2, -0.15) is 0 Å². The molecule has 0 atom stereocenters. The highest BCUT2D eigenvalue weighted by Gasteiger charge is 2.42. The van der Waals surface area contributed by atoms with Crippen molar-refractivity contribution >= 4 is 12.9 Å². The molecule has 20 heavy (non-hydrogen) atoms. The Morgan fingerprint density at radius 3 is 1.85 bits per heavy atom. The summed E-state index contributed by atoms with van der Waals surface area (Å²) in [6.45, 7) is 7.06. The fourth-order valence-electron chi connectivity index (χ4n) is 2.69. The summed E-state index contributed by atoms with van der Waals surface area (Å²) < 4.78 is 34.3. The van der Waals surface area contributed by atoms with Crippen molar-refractivity contribution in [2.24, 2.45) is 0 Å². The van der Waals surface area contributed by atoms with Crippen molar-refractivity contribution in [3.8, 4) is 0 Å². The molecule has 2 aliphatic rings. The van der Waals surface area contributed by atoms with Crippen LogP contribution in [0.2, 0.25) is 0 Å². The molecule has 3 rings (SSSR count). The van der Waals surface area contributed by atoms with Crippen molar-refractivity contribution in [1.29, 1.82) is 0 Å². The van der Waals surface area contributed by atoms with Gasteiger partial charge in [-0.1, -0.05) is 0 Å². The maximum Gasteiger partial charge on any atom is 0.280 e. The lowest BCUT2D eigenvalue weighted by Gasteiger charge is -2.40. The Morgan fingerprint density at radius 2 is 1.45 bits per heavy atom. The van der Waals surface area contributed by atoms with Crippen LogP contribution in [0, 0.1) is 6.92 Å². The minimum Gasteiger partial charge on any atom is -0.456 e. The molecule has 2 saturated heterocycles. The van der Waals surface area contributed by atoms with Gasteiger partial charge in [0.2, 0.25) is 0 Å². The highest BCUT2D eigenvalue weighted by molar-refractivity contribution is 7.66. The molecular weight excluding hydrogens is 279 g/mol. The molecule has 0 aliphatic carbocycles. The molecule has 2 fully saturated rings. The Labute approximate surface area is 119 Å². The number of nitrogens with zero attached hydrogens (tertiary/aromatic N) is 2. The Balaban J connectivity index is 1.94. The minimum atomic E-state index is -2.86. The van der Waals surface area contributed by atoms with Crippen LogP contribution in [-0.2, 0) is 14.0 Å². The summed E-state index contributed by atoms with van der Waals surface area (Å²) in [6, 6.07) is 3.73. The van der Waals surface area contributed by atoms with E-state index in [1.165, 1.54) is 0 Å². The molecule has 0 aromatic carbocycles. The van der Waals surface area contributed by atoms with Crippen molar-refractivity contribution < 1.29 is 18.5 Å². The summed E-state index contributed by atoms with van der Waals surface area (Å²) in [5.41, 5.74) is 0.582. The van der Waals surface area contributed by atoms with Gasteiger partial charge in [-0.25, -0.2) is 9.34 Å². The quantitative estimate of drug-likeness (QED) is 0.778. The fourth-order valence-corrected chi connectivity index (χ4v) is 5.54. The van der Waals surface area contributed by atoms with Crippen LogP contribution in [0.3, 0.4) is 0 Å². The molecule has 0 radical (unpaired) electrons. The summed E-state index contributed by atoms with van der Waals surface area (Å²) in [4.78, 5) is 0. The minimum absolute atomic E-state index is 0.582. The number of ether oxygens (including phenoxy) is 2. The first-order chi connectivity index (χ1) is 9.71. The molecule has 0 amide bonds. The summed E-state index contributed by atoms with van der Waals surface area (Å²) >= 11 is 0. The van der Waals surface area contributed by atoms with Gasteiger partial charge in [0.05, 0.1) is 26.4 Å². The molecule has 0 bridgehead atoms. The van der Waals surface area contributed by atoms with Crippen LogP contribution < -0.4 is 5.50 Å². The maximum atomic E-state index is 13.8. The molecule has 7 heteroatoms. The number of rotatable bonds is 3. The second kappa shape index (κ2) is 6.00.